The van der Waals surface area contributed by atoms with Crippen LogP contribution in [-0.2, 0) is 22.6 Å². The molecule has 0 unspecified atom stereocenters. The number of anilines is 1. The average Bonchev–Trinajstić information content (AvgIpc) is 3.20. The zero-order valence-electron chi connectivity index (χ0n) is 18.3. The van der Waals surface area contributed by atoms with Crippen molar-refractivity contribution in [2.75, 3.05) is 39.5 Å². The van der Waals surface area contributed by atoms with E-state index in [9.17, 15) is 18.8 Å². The maximum atomic E-state index is 13.0. The van der Waals surface area contributed by atoms with Crippen LogP contribution in [0.25, 0.3) is 0 Å². The van der Waals surface area contributed by atoms with Crippen LogP contribution in [0, 0.1) is 5.82 Å². The normalized spacial score (nSPS) is 14.1. The second-order valence-corrected chi connectivity index (χ2v) is 9.15. The van der Waals surface area contributed by atoms with E-state index < -0.39 is 23.7 Å². The summed E-state index contributed by atoms with van der Waals surface area (Å²) < 4.78 is 13.0. The molecule has 3 heterocycles. The summed E-state index contributed by atoms with van der Waals surface area (Å²) in [5, 5.41) is 8.09. The van der Waals surface area contributed by atoms with Crippen LogP contribution < -0.4 is 16.0 Å². The van der Waals surface area contributed by atoms with Gasteiger partial charge in [-0.1, -0.05) is 12.2 Å². The number of nitrogens with one attached hydrogen (secondary N) is 3. The van der Waals surface area contributed by atoms with Gasteiger partial charge in [0.2, 0.25) is 5.91 Å². The Bertz CT molecular complexity index is 1060. The van der Waals surface area contributed by atoms with Gasteiger partial charge in [0.1, 0.15) is 17.7 Å². The van der Waals surface area contributed by atoms with Crippen LogP contribution in [0.5, 0.6) is 0 Å². The molecule has 1 atom stereocenters. The summed E-state index contributed by atoms with van der Waals surface area (Å²) in [6, 6.07) is 1.46. The van der Waals surface area contributed by atoms with E-state index in [1.165, 1.54) is 22.3 Å². The molecule has 0 aromatic carbocycles. The second-order valence-electron chi connectivity index (χ2n) is 7.66. The lowest BCUT2D eigenvalue weighted by Gasteiger charge is -2.22. The van der Waals surface area contributed by atoms with Gasteiger partial charge >= 0.3 is 0 Å². The van der Waals surface area contributed by atoms with Crippen LogP contribution in [0.15, 0.2) is 18.3 Å². The van der Waals surface area contributed by atoms with Crippen molar-refractivity contribution >= 4 is 52.1 Å². The molecule has 2 aromatic heterocycles. The van der Waals surface area contributed by atoms with Crippen molar-refractivity contribution in [2.24, 2.45) is 0 Å². The van der Waals surface area contributed by atoms with E-state index in [4.69, 9.17) is 12.2 Å². The van der Waals surface area contributed by atoms with Gasteiger partial charge in [0, 0.05) is 45.0 Å². The Kier molecular flexibility index (Phi) is 8.00. The molecule has 10 nitrogen and oxygen atoms in total. The second kappa shape index (κ2) is 10.7. The van der Waals surface area contributed by atoms with Crippen molar-refractivity contribution in [3.8, 4) is 0 Å². The lowest BCUT2D eigenvalue weighted by molar-refractivity contribution is -0.130. The molecule has 0 bridgehead atoms. The number of thiazole rings is 1. The zero-order chi connectivity index (χ0) is 24.1. The topological polar surface area (TPSA) is 120 Å². The van der Waals surface area contributed by atoms with Crippen molar-refractivity contribution in [3.63, 3.8) is 0 Å². The molecular formula is C20H24FN7O3S2. The van der Waals surface area contributed by atoms with Crippen LogP contribution in [0.2, 0.25) is 0 Å². The van der Waals surface area contributed by atoms with Crippen molar-refractivity contribution < 1.29 is 18.8 Å². The molecule has 33 heavy (non-hydrogen) atoms. The lowest BCUT2D eigenvalue weighted by atomic mass is 10.2. The van der Waals surface area contributed by atoms with Crippen molar-refractivity contribution in [2.45, 2.75) is 19.0 Å². The van der Waals surface area contributed by atoms with Gasteiger partial charge in [0.25, 0.3) is 11.8 Å². The summed E-state index contributed by atoms with van der Waals surface area (Å²) in [5.41, 5.74) is 0.907. The highest BCUT2D eigenvalue weighted by Gasteiger charge is 2.27. The number of rotatable bonds is 6. The van der Waals surface area contributed by atoms with Crippen LogP contribution >= 0.6 is 23.6 Å². The minimum atomic E-state index is -0.981. The summed E-state index contributed by atoms with van der Waals surface area (Å²) in [4.78, 5) is 50.1. The molecule has 0 saturated carbocycles. The van der Waals surface area contributed by atoms with E-state index in [-0.39, 0.29) is 28.3 Å². The van der Waals surface area contributed by atoms with E-state index in [2.05, 4.69) is 30.8 Å². The molecule has 0 saturated heterocycles. The Hall–Kier alpha value is -3.03. The number of nitrogens with zero attached hydrogens (tertiary/aromatic N) is 4. The molecule has 2 aromatic rings. The SMILES string of the molecule is CN1CCc2nc(C(=O)N[C@@H](CNC(=S)C(=O)Nc3ccc(F)cn3)C(=O)N(C)C)sc2C1. The minimum Gasteiger partial charge on any atom is -0.369 e. The van der Waals surface area contributed by atoms with Crippen molar-refractivity contribution in [1.82, 2.24) is 30.4 Å². The molecular weight excluding hydrogens is 469 g/mol. The fourth-order valence-electron chi connectivity index (χ4n) is 3.05. The Balaban J connectivity index is 1.62. The third-order valence-electron chi connectivity index (χ3n) is 4.80. The van der Waals surface area contributed by atoms with E-state index >= 15 is 0 Å². The molecule has 3 N–H and O–H groups in total. The molecule has 3 amide bonds. The molecule has 3 rings (SSSR count). The quantitative estimate of drug-likeness (QED) is 0.495. The van der Waals surface area contributed by atoms with Gasteiger partial charge in [-0.15, -0.1) is 11.3 Å². The summed E-state index contributed by atoms with van der Waals surface area (Å²) in [7, 11) is 5.13. The zero-order valence-corrected chi connectivity index (χ0v) is 20.0. The molecule has 0 fully saturated rings. The van der Waals surface area contributed by atoms with E-state index in [1.54, 1.807) is 14.1 Å². The fraction of sp³-hybridized carbons (Fsp3) is 0.400. The third kappa shape index (κ3) is 6.49. The highest BCUT2D eigenvalue weighted by atomic mass is 32.1. The standard InChI is InChI=1S/C20H24FN7O3S2/c1-27(2)20(31)13(9-23-18(32)16(29)26-15-5-4-11(21)8-22-15)24-17(30)19-25-12-6-7-28(3)10-14(12)33-19/h4-5,8,13H,6-7,9-10H2,1-3H3,(H,23,32)(H,24,30)(H,22,26,29)/t13-/m0/s1. The molecule has 13 heteroatoms. The molecule has 176 valence electrons. The van der Waals surface area contributed by atoms with Gasteiger partial charge in [-0.25, -0.2) is 14.4 Å². The maximum Gasteiger partial charge on any atom is 0.284 e. The van der Waals surface area contributed by atoms with Crippen molar-refractivity contribution in [3.05, 3.63) is 39.7 Å². The lowest BCUT2D eigenvalue weighted by Crippen LogP contribution is -2.53. The van der Waals surface area contributed by atoms with Gasteiger partial charge in [-0.3, -0.25) is 14.4 Å². The fourth-order valence-corrected chi connectivity index (χ4v) is 4.28. The first kappa shape index (κ1) is 24.6. The van der Waals surface area contributed by atoms with Gasteiger partial charge in [-0.05, 0) is 19.2 Å². The van der Waals surface area contributed by atoms with E-state index in [0.29, 0.717) is 0 Å². The number of carbonyl (C=O) groups excluding carboxylic acids is 3. The summed E-state index contributed by atoms with van der Waals surface area (Å²) in [5.74, 6) is -1.94. The van der Waals surface area contributed by atoms with Crippen LogP contribution in [0.1, 0.15) is 20.4 Å². The van der Waals surface area contributed by atoms with E-state index in [1.807, 2.05) is 7.05 Å². The largest absolute Gasteiger partial charge is 0.369 e. The van der Waals surface area contributed by atoms with Gasteiger partial charge in [0.05, 0.1) is 11.9 Å². The highest BCUT2D eigenvalue weighted by molar-refractivity contribution is 7.82. The molecule has 1 aliphatic heterocycles. The highest BCUT2D eigenvalue weighted by Crippen LogP contribution is 2.24. The number of hydrogen-bond donors (Lipinski definition) is 3. The van der Waals surface area contributed by atoms with Gasteiger partial charge in [-0.2, -0.15) is 0 Å². The van der Waals surface area contributed by atoms with Crippen LogP contribution in [0.3, 0.4) is 0 Å². The number of carbonyl (C=O) groups is 3. The Labute approximate surface area is 199 Å². The van der Waals surface area contributed by atoms with Gasteiger partial charge in [0.15, 0.2) is 10.00 Å². The molecule has 0 radical (unpaired) electrons. The Morgan fingerprint density at radius 3 is 2.76 bits per heavy atom. The first-order valence-corrected chi connectivity index (χ1v) is 11.3. The smallest absolute Gasteiger partial charge is 0.284 e. The van der Waals surface area contributed by atoms with Crippen LogP contribution in [-0.4, -0.2) is 82.8 Å². The number of pyridine rings is 1. The first-order valence-electron chi connectivity index (χ1n) is 10.0. The number of likely N-dealkylation sites (N-methyl/N-ethyl adjacent to an activating group) is 2. The number of hydrogen-bond acceptors (Lipinski definition) is 8. The minimum absolute atomic E-state index is 0.111. The third-order valence-corrected chi connectivity index (χ3v) is 6.21. The average molecular weight is 494 g/mol. The Morgan fingerprint density at radius 1 is 1.33 bits per heavy atom. The summed E-state index contributed by atoms with van der Waals surface area (Å²) >= 11 is 6.38. The number of amides is 3. The molecule has 0 spiro atoms. The number of thiocarbonyl (C=S) groups is 1. The molecule has 0 aliphatic carbocycles. The monoisotopic (exact) mass is 493 g/mol. The molecule has 1 aliphatic rings. The van der Waals surface area contributed by atoms with Crippen molar-refractivity contribution in [1.29, 1.82) is 0 Å². The summed E-state index contributed by atoms with van der Waals surface area (Å²) in [6.45, 7) is 1.49. The van der Waals surface area contributed by atoms with E-state index in [0.717, 1.165) is 42.3 Å². The number of halogens is 1. The number of fused-ring (bicyclic) bond motifs is 1. The number of aromatic nitrogens is 2. The van der Waals surface area contributed by atoms with Gasteiger partial charge < -0.3 is 25.8 Å². The first-order chi connectivity index (χ1) is 15.6. The van der Waals surface area contributed by atoms with Crippen LogP contribution in [0.4, 0.5) is 10.2 Å². The summed E-state index contributed by atoms with van der Waals surface area (Å²) in [6.07, 6.45) is 1.73. The Morgan fingerprint density at radius 2 is 2.09 bits per heavy atom. The maximum absolute atomic E-state index is 13.0. The predicted octanol–water partition coefficient (Wildman–Crippen LogP) is 0.407. The predicted molar refractivity (Wildman–Crippen MR) is 126 cm³/mol.